The number of piperidine rings is 1. The van der Waals surface area contributed by atoms with Crippen LogP contribution in [0.4, 0.5) is 11.7 Å². The van der Waals surface area contributed by atoms with E-state index in [0.717, 1.165) is 185 Å². The van der Waals surface area contributed by atoms with Gasteiger partial charge in [-0.1, -0.05) is 158 Å². The van der Waals surface area contributed by atoms with Crippen molar-refractivity contribution in [2.75, 3.05) is 62.9 Å². The number of pyridine rings is 3. The van der Waals surface area contributed by atoms with Crippen molar-refractivity contribution in [1.82, 2.24) is 44.3 Å². The van der Waals surface area contributed by atoms with Gasteiger partial charge in [-0.15, -0.1) is 0 Å². The van der Waals surface area contributed by atoms with E-state index in [4.69, 9.17) is 42.2 Å². The summed E-state index contributed by atoms with van der Waals surface area (Å²) in [7, 11) is 3.30. The van der Waals surface area contributed by atoms with E-state index in [1.54, 1.807) is 34.6 Å². The van der Waals surface area contributed by atoms with Gasteiger partial charge in [0.2, 0.25) is 11.5 Å². The van der Waals surface area contributed by atoms with Gasteiger partial charge in [0.15, 0.2) is 40.1 Å². The number of imidazole rings is 1. The molecule has 2 saturated heterocycles. The lowest BCUT2D eigenvalue weighted by Crippen LogP contribution is -2.57. The third-order valence-corrected chi connectivity index (χ3v) is 27.3. The number of methoxy groups -OCH3 is 1. The van der Waals surface area contributed by atoms with Crippen LogP contribution in [0.2, 0.25) is 0 Å². The van der Waals surface area contributed by atoms with E-state index in [9.17, 15) is 34.0 Å². The fraction of sp³-hybridized carbons (Fsp3) is 0.250. The number of aryl methyl sites for hydroxylation is 2. The second-order valence-corrected chi connectivity index (χ2v) is 35.8. The van der Waals surface area contributed by atoms with Crippen molar-refractivity contribution in [3.8, 4) is 56.7 Å². The number of aromatic nitrogens is 9. The number of fused-ring (bicyclic) bond motifs is 13. The number of carbonyl (C=O) groups excluding carboxylic acids is 4. The second-order valence-electron chi connectivity index (χ2n) is 35.8. The molecule has 0 amide bonds. The highest BCUT2D eigenvalue weighted by molar-refractivity contribution is 6.25. The number of Topliss-reactive ketones (excluding diaryl/α,β-unsaturated/α-hetero) is 1. The van der Waals surface area contributed by atoms with Gasteiger partial charge in [-0.05, 0) is 167 Å². The normalized spacial score (nSPS) is 18.8. The molecule has 7 aliphatic rings. The quantitative estimate of drug-likeness (QED) is 0.0982. The summed E-state index contributed by atoms with van der Waals surface area (Å²) in [6.07, 6.45) is 11.0. The van der Waals surface area contributed by atoms with Gasteiger partial charge in [0.25, 0.3) is 0 Å². The van der Waals surface area contributed by atoms with Crippen LogP contribution >= 0.6 is 0 Å². The number of benzene rings is 8. The van der Waals surface area contributed by atoms with Gasteiger partial charge < -0.3 is 42.0 Å². The number of anilines is 2. The number of nitriles is 1. The van der Waals surface area contributed by atoms with E-state index in [1.165, 1.54) is 32.3 Å². The Morgan fingerprint density at radius 3 is 2.19 bits per heavy atom. The number of hydrogen-bond acceptors (Lipinski definition) is 22. The van der Waals surface area contributed by atoms with Crippen molar-refractivity contribution in [3.05, 3.63) is 314 Å². The molecule has 0 radical (unpaired) electrons. The monoisotopic (exact) mass is 1770 g/mol. The summed E-state index contributed by atoms with van der Waals surface area (Å²) in [6, 6.07) is 69.2. The first-order chi connectivity index (χ1) is 64.5. The SMILES string of the molecule is C=C1CC[C@H]2C3=C([C@H](OC(C)=O)C[C@]12C)[C@]1(C)c2c(coc2C3=O)C(=O)O[C@@H]1COC.Cc1cccc(-c2nc(N3CCOCC3)c3oc4ncccc4c3n2)c1.Cn1c(=O)n(-c2ccc(C(C)(C)C#N)cc2)c2c3cc(-c4cnc5ccccc5c4)ccc3ncc21.O=C1c2ccccc2-c2n[nH]c3cccc1c23.O=c1cc(N2CCCCC2)oc2c(-c3ccccc3)cccc12. The maximum absolute atomic E-state index is 13.8. The Morgan fingerprint density at radius 2 is 1.41 bits per heavy atom. The molecule has 8 aromatic carbocycles. The van der Waals surface area contributed by atoms with Crippen LogP contribution in [-0.2, 0) is 41.6 Å². The molecule has 0 spiro atoms. The van der Waals surface area contributed by atoms with Crippen molar-refractivity contribution in [3.63, 3.8) is 0 Å². The molecule has 133 heavy (non-hydrogen) atoms. The number of morpholine rings is 1. The summed E-state index contributed by atoms with van der Waals surface area (Å²) in [5.74, 6) is 1.22. The highest BCUT2D eigenvalue weighted by Gasteiger charge is 2.63. The molecule has 9 aromatic heterocycles. The Kier molecular flexibility index (Phi) is 22.2. The number of carbonyl (C=O) groups is 4. The van der Waals surface area contributed by atoms with E-state index in [2.05, 4.69) is 91.8 Å². The molecule has 664 valence electrons. The molecule has 3 fully saturated rings. The number of ketones is 2. The lowest BCUT2D eigenvalue weighted by atomic mass is 9.54. The van der Waals surface area contributed by atoms with Crippen LogP contribution in [0.25, 0.3) is 127 Å². The number of esters is 2. The average Bonchev–Trinajstić information content (AvgIpc) is 1.60. The first-order valence-corrected chi connectivity index (χ1v) is 44.8. The minimum absolute atomic E-state index is 0.0320. The molecule has 1 saturated carbocycles. The number of nitrogens with zero attached hydrogens (tertiary/aromatic N) is 11. The number of furan rings is 2. The third kappa shape index (κ3) is 15.1. The first kappa shape index (κ1) is 85.7. The number of cyclic esters (lactones) is 1. The van der Waals surface area contributed by atoms with Gasteiger partial charge in [0.05, 0.1) is 87.0 Å². The van der Waals surface area contributed by atoms with Gasteiger partial charge in [0, 0.05) is 126 Å². The van der Waals surface area contributed by atoms with Gasteiger partial charge in [0.1, 0.15) is 40.8 Å². The average molecular weight is 1770 g/mol. The molecular formula is C108H94N12O13. The maximum Gasteiger partial charge on any atom is 0.342 e. The largest absolute Gasteiger partial charge is 0.460 e. The number of allylic oxidation sites excluding steroid dienone is 2. The topological polar surface area (TPSA) is 312 Å². The molecule has 4 aliphatic carbocycles. The summed E-state index contributed by atoms with van der Waals surface area (Å²) in [5, 5.41) is 21.3. The van der Waals surface area contributed by atoms with Crippen molar-refractivity contribution in [1.29, 1.82) is 5.26 Å². The van der Waals surface area contributed by atoms with Gasteiger partial charge in [-0.25, -0.2) is 24.5 Å². The number of para-hydroxylation sites is 2. The lowest BCUT2D eigenvalue weighted by Gasteiger charge is -2.52. The maximum atomic E-state index is 13.8. The van der Waals surface area contributed by atoms with E-state index in [0.29, 0.717) is 64.7 Å². The zero-order valence-electron chi connectivity index (χ0n) is 74.8. The standard InChI is InChI=1S/C30H23N5O.C24H26O7.C20H18N4O2.C20H19NO2.C14H8N2O/c1-30(2,18-31)22-9-11-23(12-10-22)35-28-24-15-19(21-14-20-6-4-5-7-25(20)32-16-21)8-13-26(24)33-17-27(28)34(3)29(35)36;1-11-6-7-14-17-19(15(30-12(2)25)8-23(11,14)3)24(4)16(10-28-5)31-22(27)13-9-29-21(18(13)24)20(17)26;1-13-4-2-5-14(12-13)18-22-16-15-6-3-7-21-20(15)26-17(16)19(23-18)24-8-10-25-11-9-24;22-18-14-19(21-12-5-2-6-13-21)23-20-16(10-7-11-17(18)20)15-8-3-1-4-9-15;17-14-9-5-2-1-4-8(9)13-12-10(14)6-3-7-11(12)15-16-13/h4-17H,1-3H3;9,14-16H,1,6-8,10H2,2-5H3;2-7,12H,8-11H2,1H3;1,3-4,7-11,14H,2,5-6,12-13H2;1-7H,(H,15,16)/t;14-,15+,16+,23+,24-;;;/m.0.../s1. The summed E-state index contributed by atoms with van der Waals surface area (Å²) >= 11 is 0. The third-order valence-electron chi connectivity index (χ3n) is 27.3. The summed E-state index contributed by atoms with van der Waals surface area (Å²) in [6.45, 7) is 20.5. The Hall–Kier alpha value is -15.4. The van der Waals surface area contributed by atoms with Crippen LogP contribution in [0.3, 0.4) is 0 Å². The van der Waals surface area contributed by atoms with Crippen molar-refractivity contribution < 1.29 is 51.4 Å². The molecule has 17 aromatic rings. The predicted octanol–water partition coefficient (Wildman–Crippen LogP) is 20.2. The summed E-state index contributed by atoms with van der Waals surface area (Å²) in [4.78, 5) is 105. The van der Waals surface area contributed by atoms with Crippen LogP contribution in [0.5, 0.6) is 0 Å². The first-order valence-electron chi connectivity index (χ1n) is 44.8. The van der Waals surface area contributed by atoms with Crippen LogP contribution in [-0.4, -0.2) is 133 Å². The molecule has 3 aliphatic heterocycles. The van der Waals surface area contributed by atoms with Crippen LogP contribution < -0.4 is 20.9 Å². The minimum atomic E-state index is -0.907. The number of aromatic amines is 1. The van der Waals surface area contributed by atoms with Gasteiger partial charge >= 0.3 is 17.6 Å². The Balaban J connectivity index is 0.000000105. The zero-order chi connectivity index (χ0) is 91.9. The van der Waals surface area contributed by atoms with Gasteiger partial charge in [-0.3, -0.25) is 43.4 Å². The van der Waals surface area contributed by atoms with Crippen LogP contribution in [0, 0.1) is 29.6 Å². The molecule has 25 nitrogen and oxygen atoms in total. The van der Waals surface area contributed by atoms with E-state index >= 15 is 0 Å². The lowest BCUT2D eigenvalue weighted by molar-refractivity contribution is -0.147. The van der Waals surface area contributed by atoms with Crippen molar-refractivity contribution in [2.45, 2.75) is 103 Å². The molecule has 0 unspecified atom stereocenters. The number of nitrogens with one attached hydrogen (secondary N) is 1. The van der Waals surface area contributed by atoms with E-state index in [1.807, 2.05) is 197 Å². The number of rotatable bonds is 10. The molecule has 25 heteroatoms. The van der Waals surface area contributed by atoms with Crippen LogP contribution in [0.1, 0.15) is 127 Å². The fourth-order valence-corrected chi connectivity index (χ4v) is 20.3. The predicted molar refractivity (Wildman–Crippen MR) is 511 cm³/mol. The fourth-order valence-electron chi connectivity index (χ4n) is 20.3. The highest BCUT2D eigenvalue weighted by Crippen LogP contribution is 2.64. The number of H-pyrrole nitrogens is 1. The van der Waals surface area contributed by atoms with Crippen molar-refractivity contribution >= 4 is 112 Å². The summed E-state index contributed by atoms with van der Waals surface area (Å²) in [5.41, 5.74) is 19.3. The van der Waals surface area contributed by atoms with E-state index in [-0.39, 0.29) is 51.9 Å². The number of hydrogen-bond donors (Lipinski definition) is 1. The Labute approximate surface area is 764 Å². The molecule has 5 atom stereocenters. The Bertz CT molecular complexity index is 7810. The Morgan fingerprint density at radius 1 is 0.677 bits per heavy atom. The molecule has 24 rings (SSSR count). The molecule has 0 bridgehead atoms. The molecule has 12 heterocycles. The molecular weight excluding hydrogens is 1670 g/mol. The molecule has 1 N–H and O–H groups in total. The summed E-state index contributed by atoms with van der Waals surface area (Å²) < 4.78 is 43.8. The smallest absolute Gasteiger partial charge is 0.342 e. The van der Waals surface area contributed by atoms with Crippen LogP contribution in [0.15, 0.2) is 277 Å². The van der Waals surface area contributed by atoms with Gasteiger partial charge in [-0.2, -0.15) is 10.4 Å². The highest BCUT2D eigenvalue weighted by atomic mass is 16.6. The second kappa shape index (κ2) is 34.5. The van der Waals surface area contributed by atoms with E-state index < -0.39 is 35.0 Å². The number of ether oxygens (including phenoxy) is 4. The zero-order valence-corrected chi connectivity index (χ0v) is 74.8. The van der Waals surface area contributed by atoms with Crippen molar-refractivity contribution in [2.24, 2.45) is 18.4 Å². The minimum Gasteiger partial charge on any atom is -0.460 e.